The van der Waals surface area contributed by atoms with Crippen LogP contribution in [0.3, 0.4) is 0 Å². The first-order chi connectivity index (χ1) is 6.20. The standard InChI is InChI=1S/C8H15N3O2/c1-11-6(4-5-10-11)7(9)8(12-2)13-3/h4-5,7-8H,9H2,1-3H3. The number of nitrogens with two attached hydrogens (primary N) is 1. The van der Waals surface area contributed by atoms with E-state index in [1.807, 2.05) is 13.1 Å². The van der Waals surface area contributed by atoms with E-state index in [2.05, 4.69) is 5.10 Å². The second-order valence-electron chi connectivity index (χ2n) is 2.75. The van der Waals surface area contributed by atoms with Crippen molar-refractivity contribution in [2.75, 3.05) is 14.2 Å². The molecule has 0 aromatic carbocycles. The average molecular weight is 185 g/mol. The van der Waals surface area contributed by atoms with Crippen LogP contribution in [-0.4, -0.2) is 30.3 Å². The van der Waals surface area contributed by atoms with E-state index >= 15 is 0 Å². The van der Waals surface area contributed by atoms with Crippen molar-refractivity contribution in [1.82, 2.24) is 9.78 Å². The highest BCUT2D eigenvalue weighted by Gasteiger charge is 2.20. The lowest BCUT2D eigenvalue weighted by Crippen LogP contribution is -2.31. The predicted octanol–water partition coefficient (Wildman–Crippen LogP) is 0.0388. The summed E-state index contributed by atoms with van der Waals surface area (Å²) in [7, 11) is 4.95. The van der Waals surface area contributed by atoms with Gasteiger partial charge in [0.15, 0.2) is 6.29 Å². The minimum Gasteiger partial charge on any atom is -0.354 e. The van der Waals surface area contributed by atoms with Gasteiger partial charge in [0.05, 0.1) is 11.7 Å². The molecule has 0 amide bonds. The molecule has 1 atom stereocenters. The molecule has 1 heterocycles. The van der Waals surface area contributed by atoms with Crippen molar-refractivity contribution < 1.29 is 9.47 Å². The van der Waals surface area contributed by atoms with Crippen LogP contribution in [0.1, 0.15) is 11.7 Å². The summed E-state index contributed by atoms with van der Waals surface area (Å²) in [6, 6.07) is 1.53. The van der Waals surface area contributed by atoms with Crippen molar-refractivity contribution in [2.45, 2.75) is 12.3 Å². The van der Waals surface area contributed by atoms with Gasteiger partial charge in [0.1, 0.15) is 0 Å². The molecule has 13 heavy (non-hydrogen) atoms. The number of aromatic nitrogens is 2. The Kier molecular flexibility index (Phi) is 3.41. The van der Waals surface area contributed by atoms with Crippen molar-refractivity contribution in [3.63, 3.8) is 0 Å². The molecule has 0 radical (unpaired) electrons. The van der Waals surface area contributed by atoms with Crippen LogP contribution in [0.4, 0.5) is 0 Å². The summed E-state index contributed by atoms with van der Waals surface area (Å²) in [5, 5.41) is 4.01. The van der Waals surface area contributed by atoms with Crippen molar-refractivity contribution in [3.8, 4) is 0 Å². The Balaban J connectivity index is 2.77. The first-order valence-corrected chi connectivity index (χ1v) is 3.99. The van der Waals surface area contributed by atoms with Crippen molar-refractivity contribution in [1.29, 1.82) is 0 Å². The van der Waals surface area contributed by atoms with Gasteiger partial charge >= 0.3 is 0 Å². The van der Waals surface area contributed by atoms with Gasteiger partial charge in [-0.2, -0.15) is 5.10 Å². The predicted molar refractivity (Wildman–Crippen MR) is 47.9 cm³/mol. The Morgan fingerprint density at radius 1 is 1.46 bits per heavy atom. The summed E-state index contributed by atoms with van der Waals surface area (Å²) in [4.78, 5) is 0. The Labute approximate surface area is 77.4 Å². The van der Waals surface area contributed by atoms with Gasteiger partial charge in [0.2, 0.25) is 0 Å². The molecule has 0 bridgehead atoms. The smallest absolute Gasteiger partial charge is 0.177 e. The molecule has 2 N–H and O–H groups in total. The second-order valence-corrected chi connectivity index (χ2v) is 2.75. The lowest BCUT2D eigenvalue weighted by molar-refractivity contribution is -0.118. The van der Waals surface area contributed by atoms with E-state index in [0.717, 1.165) is 5.69 Å². The van der Waals surface area contributed by atoms with Crippen LogP contribution in [0.5, 0.6) is 0 Å². The van der Waals surface area contributed by atoms with Gasteiger partial charge in [-0.3, -0.25) is 4.68 Å². The fourth-order valence-corrected chi connectivity index (χ4v) is 1.24. The zero-order valence-corrected chi connectivity index (χ0v) is 8.10. The third kappa shape index (κ3) is 2.06. The number of rotatable bonds is 4. The first-order valence-electron chi connectivity index (χ1n) is 3.99. The van der Waals surface area contributed by atoms with E-state index in [1.54, 1.807) is 25.1 Å². The van der Waals surface area contributed by atoms with Crippen LogP contribution in [0, 0.1) is 0 Å². The number of aryl methyl sites for hydroxylation is 1. The van der Waals surface area contributed by atoms with Crippen LogP contribution in [0.25, 0.3) is 0 Å². The quantitative estimate of drug-likeness (QED) is 0.673. The van der Waals surface area contributed by atoms with Gasteiger partial charge in [0, 0.05) is 27.5 Å². The maximum absolute atomic E-state index is 5.89. The lowest BCUT2D eigenvalue weighted by Gasteiger charge is -2.20. The Morgan fingerprint density at radius 2 is 2.08 bits per heavy atom. The molecule has 1 aromatic rings. The molecule has 1 rings (SSSR count). The fraction of sp³-hybridized carbons (Fsp3) is 0.625. The molecule has 0 fully saturated rings. The Morgan fingerprint density at radius 3 is 2.46 bits per heavy atom. The molecule has 0 saturated heterocycles. The van der Waals surface area contributed by atoms with Crippen LogP contribution in [-0.2, 0) is 16.5 Å². The minimum absolute atomic E-state index is 0.317. The third-order valence-electron chi connectivity index (χ3n) is 1.96. The van der Waals surface area contributed by atoms with Crippen molar-refractivity contribution >= 4 is 0 Å². The number of ether oxygens (including phenoxy) is 2. The van der Waals surface area contributed by atoms with E-state index in [4.69, 9.17) is 15.2 Å². The highest BCUT2D eigenvalue weighted by Crippen LogP contribution is 2.15. The number of nitrogens with zero attached hydrogens (tertiary/aromatic N) is 2. The summed E-state index contributed by atoms with van der Waals surface area (Å²) >= 11 is 0. The zero-order valence-electron chi connectivity index (χ0n) is 8.10. The first kappa shape index (κ1) is 10.2. The van der Waals surface area contributed by atoms with Gasteiger partial charge in [-0.25, -0.2) is 0 Å². The molecule has 1 unspecified atom stereocenters. The SMILES string of the molecule is COC(OC)C(N)c1ccnn1C. The maximum Gasteiger partial charge on any atom is 0.177 e. The fourth-order valence-electron chi connectivity index (χ4n) is 1.24. The average Bonchev–Trinajstić information content (AvgIpc) is 2.53. The highest BCUT2D eigenvalue weighted by molar-refractivity contribution is 5.06. The summed E-state index contributed by atoms with van der Waals surface area (Å²) in [5.74, 6) is 0. The van der Waals surface area contributed by atoms with E-state index < -0.39 is 6.29 Å². The molecule has 74 valence electrons. The minimum atomic E-state index is -0.435. The normalized spacial score (nSPS) is 13.6. The van der Waals surface area contributed by atoms with E-state index in [0.29, 0.717) is 0 Å². The molecule has 0 aliphatic rings. The highest BCUT2D eigenvalue weighted by atomic mass is 16.7. The van der Waals surface area contributed by atoms with E-state index in [9.17, 15) is 0 Å². The largest absolute Gasteiger partial charge is 0.354 e. The zero-order chi connectivity index (χ0) is 9.84. The van der Waals surface area contributed by atoms with Crippen LogP contribution in [0.15, 0.2) is 12.3 Å². The molecular weight excluding hydrogens is 170 g/mol. The van der Waals surface area contributed by atoms with Gasteiger partial charge in [-0.05, 0) is 6.07 Å². The van der Waals surface area contributed by atoms with Gasteiger partial charge < -0.3 is 15.2 Å². The Hall–Kier alpha value is -0.910. The van der Waals surface area contributed by atoms with Crippen LogP contribution >= 0.6 is 0 Å². The molecule has 1 aromatic heterocycles. The maximum atomic E-state index is 5.89. The monoisotopic (exact) mass is 185 g/mol. The van der Waals surface area contributed by atoms with Crippen LogP contribution in [0.2, 0.25) is 0 Å². The van der Waals surface area contributed by atoms with Crippen molar-refractivity contribution in [2.24, 2.45) is 12.8 Å². The summed E-state index contributed by atoms with van der Waals surface area (Å²) in [6.45, 7) is 0. The Bertz CT molecular complexity index is 258. The molecule has 5 nitrogen and oxygen atoms in total. The number of methoxy groups -OCH3 is 2. The molecule has 0 spiro atoms. The molecule has 0 saturated carbocycles. The third-order valence-corrected chi connectivity index (χ3v) is 1.96. The summed E-state index contributed by atoms with van der Waals surface area (Å²) < 4.78 is 11.8. The van der Waals surface area contributed by atoms with Crippen LogP contribution < -0.4 is 5.73 Å². The molecule has 0 aliphatic heterocycles. The molecule has 5 heteroatoms. The van der Waals surface area contributed by atoms with E-state index in [1.165, 1.54) is 0 Å². The molecule has 0 aliphatic carbocycles. The summed E-state index contributed by atoms with van der Waals surface area (Å²) in [5.41, 5.74) is 6.78. The van der Waals surface area contributed by atoms with Gasteiger partial charge in [-0.1, -0.05) is 0 Å². The summed E-state index contributed by atoms with van der Waals surface area (Å²) in [6.07, 6.45) is 1.26. The van der Waals surface area contributed by atoms with E-state index in [-0.39, 0.29) is 6.04 Å². The molecular formula is C8H15N3O2. The van der Waals surface area contributed by atoms with Gasteiger partial charge in [0.25, 0.3) is 0 Å². The van der Waals surface area contributed by atoms with Gasteiger partial charge in [-0.15, -0.1) is 0 Å². The second kappa shape index (κ2) is 4.36. The number of hydrogen-bond donors (Lipinski definition) is 1. The lowest BCUT2D eigenvalue weighted by atomic mass is 10.2. The van der Waals surface area contributed by atoms with Crippen molar-refractivity contribution in [3.05, 3.63) is 18.0 Å². The topological polar surface area (TPSA) is 62.3 Å². The number of hydrogen-bond acceptors (Lipinski definition) is 4.